The average Bonchev–Trinajstić information content (AvgIpc) is 3.59. The summed E-state index contributed by atoms with van der Waals surface area (Å²) >= 11 is 0. The molecular weight excluding hydrogens is 476 g/mol. The number of ether oxygens (including phenoxy) is 1. The molecule has 0 radical (unpaired) electrons. The number of nitrogens with zero attached hydrogens (tertiary/aromatic N) is 5. The lowest BCUT2D eigenvalue weighted by Gasteiger charge is -2.14. The highest BCUT2D eigenvalue weighted by Crippen LogP contribution is 2.38. The molecule has 0 bridgehead atoms. The zero-order valence-electron chi connectivity index (χ0n) is 21.4. The molecule has 8 nitrogen and oxygen atoms in total. The van der Waals surface area contributed by atoms with E-state index in [1.807, 2.05) is 66.2 Å². The first-order chi connectivity index (χ1) is 18.7. The highest BCUT2D eigenvalue weighted by molar-refractivity contribution is 6.03. The molecule has 0 unspecified atom stereocenters. The molecular formula is C30H30N6O2. The van der Waals surface area contributed by atoms with Crippen LogP contribution in [0.25, 0.3) is 38.9 Å². The maximum Gasteiger partial charge on any atom is 0.412 e. The van der Waals surface area contributed by atoms with E-state index < -0.39 is 6.09 Å². The van der Waals surface area contributed by atoms with Crippen molar-refractivity contribution in [3.05, 3.63) is 78.8 Å². The van der Waals surface area contributed by atoms with Crippen LogP contribution in [0.5, 0.6) is 5.75 Å². The monoisotopic (exact) mass is 506 g/mol. The molecule has 0 saturated carbocycles. The Kier molecular flexibility index (Phi) is 6.71. The number of fused-ring (bicyclic) bond motifs is 2. The highest BCUT2D eigenvalue weighted by Gasteiger charge is 2.20. The smallest absolute Gasteiger partial charge is 0.410 e. The minimum absolute atomic E-state index is 0.447. The topological polar surface area (TPSA) is 84.6 Å². The van der Waals surface area contributed by atoms with Crippen LogP contribution < -0.4 is 10.1 Å². The standard InChI is InChI=1S/C30H30N6O2/c1-21-8-6-9-25(33-21)29-28(27-10-2-3-19-36(27)34-29)24-13-15-31-26-20-22(11-12-23(24)26)38-30(37)32-14-7-18-35-16-4-5-17-35/h2-3,6,8-13,15,19-20H,4-5,7,14,16-18H2,1H3,(H,32,37). The Hall–Kier alpha value is -4.30. The number of carbonyl (C=O) groups excluding carboxylic acids is 1. The van der Waals surface area contributed by atoms with Gasteiger partial charge in [0.15, 0.2) is 0 Å². The Balaban J connectivity index is 1.27. The van der Waals surface area contributed by atoms with Crippen molar-refractivity contribution in [2.75, 3.05) is 26.2 Å². The van der Waals surface area contributed by atoms with Crippen LogP contribution in [0.2, 0.25) is 0 Å². The third-order valence-electron chi connectivity index (χ3n) is 6.98. The van der Waals surface area contributed by atoms with E-state index in [2.05, 4.69) is 21.3 Å². The van der Waals surface area contributed by atoms with Crippen LogP contribution >= 0.6 is 0 Å². The molecule has 0 aliphatic carbocycles. The van der Waals surface area contributed by atoms with Gasteiger partial charge in [0.2, 0.25) is 0 Å². The van der Waals surface area contributed by atoms with Gasteiger partial charge in [-0.2, -0.15) is 5.10 Å². The van der Waals surface area contributed by atoms with Crippen molar-refractivity contribution in [3.8, 4) is 28.3 Å². The lowest BCUT2D eigenvalue weighted by molar-refractivity contribution is 0.199. The highest BCUT2D eigenvalue weighted by atomic mass is 16.6. The lowest BCUT2D eigenvalue weighted by Crippen LogP contribution is -2.30. The normalized spacial score (nSPS) is 13.8. The molecule has 1 aromatic carbocycles. The van der Waals surface area contributed by atoms with Gasteiger partial charge in [0.25, 0.3) is 0 Å². The number of nitrogens with one attached hydrogen (secondary N) is 1. The largest absolute Gasteiger partial charge is 0.412 e. The summed E-state index contributed by atoms with van der Waals surface area (Å²) in [7, 11) is 0. The van der Waals surface area contributed by atoms with Crippen molar-refractivity contribution in [1.82, 2.24) is 29.8 Å². The number of hydrogen-bond acceptors (Lipinski definition) is 6. The lowest BCUT2D eigenvalue weighted by atomic mass is 9.98. The number of aryl methyl sites for hydroxylation is 1. The molecule has 5 heterocycles. The molecule has 0 spiro atoms. The van der Waals surface area contributed by atoms with Crippen molar-refractivity contribution in [2.24, 2.45) is 0 Å². The van der Waals surface area contributed by atoms with Gasteiger partial charge in [-0.15, -0.1) is 0 Å². The summed E-state index contributed by atoms with van der Waals surface area (Å²) in [5.41, 5.74) is 6.25. The Morgan fingerprint density at radius 1 is 1.05 bits per heavy atom. The molecule has 4 aromatic heterocycles. The summed E-state index contributed by atoms with van der Waals surface area (Å²) in [5, 5.41) is 8.68. The molecule has 192 valence electrons. The van der Waals surface area contributed by atoms with Crippen LogP contribution in [0, 0.1) is 6.92 Å². The van der Waals surface area contributed by atoms with E-state index in [0.717, 1.165) is 70.7 Å². The second-order valence-electron chi connectivity index (χ2n) is 9.67. The van der Waals surface area contributed by atoms with Gasteiger partial charge in [0.05, 0.1) is 16.7 Å². The molecule has 1 fully saturated rings. The summed E-state index contributed by atoms with van der Waals surface area (Å²) < 4.78 is 7.45. The fraction of sp³-hybridized carbons (Fsp3) is 0.267. The molecule has 8 heteroatoms. The van der Waals surface area contributed by atoms with E-state index in [1.54, 1.807) is 12.3 Å². The molecule has 1 amide bonds. The summed E-state index contributed by atoms with van der Waals surface area (Å²) in [4.78, 5) is 24.1. The van der Waals surface area contributed by atoms with E-state index in [-0.39, 0.29) is 0 Å². The maximum absolute atomic E-state index is 12.4. The van der Waals surface area contributed by atoms with E-state index >= 15 is 0 Å². The van der Waals surface area contributed by atoms with Gasteiger partial charge < -0.3 is 15.0 Å². The van der Waals surface area contributed by atoms with Crippen molar-refractivity contribution in [2.45, 2.75) is 26.2 Å². The fourth-order valence-corrected chi connectivity index (χ4v) is 5.17. The summed E-state index contributed by atoms with van der Waals surface area (Å²) in [6.07, 6.45) is 6.73. The number of benzene rings is 1. The average molecular weight is 507 g/mol. The number of aromatic nitrogens is 4. The van der Waals surface area contributed by atoms with Crippen LogP contribution in [0.1, 0.15) is 25.0 Å². The van der Waals surface area contributed by atoms with Gasteiger partial charge in [-0.25, -0.2) is 9.31 Å². The van der Waals surface area contributed by atoms with Gasteiger partial charge in [-0.1, -0.05) is 12.1 Å². The zero-order chi connectivity index (χ0) is 25.9. The quantitative estimate of drug-likeness (QED) is 0.294. The molecule has 6 rings (SSSR count). The second kappa shape index (κ2) is 10.6. The number of rotatable bonds is 7. The fourth-order valence-electron chi connectivity index (χ4n) is 5.17. The van der Waals surface area contributed by atoms with E-state index in [0.29, 0.717) is 12.3 Å². The third kappa shape index (κ3) is 4.95. The Morgan fingerprint density at radius 3 is 2.82 bits per heavy atom. The van der Waals surface area contributed by atoms with Gasteiger partial charge >= 0.3 is 6.09 Å². The summed E-state index contributed by atoms with van der Waals surface area (Å²) in [6.45, 7) is 5.90. The van der Waals surface area contributed by atoms with Gasteiger partial charge in [-0.05, 0) is 93.8 Å². The van der Waals surface area contributed by atoms with Crippen molar-refractivity contribution < 1.29 is 9.53 Å². The number of pyridine rings is 3. The van der Waals surface area contributed by atoms with Gasteiger partial charge in [-0.3, -0.25) is 9.97 Å². The molecule has 1 saturated heterocycles. The first-order valence-corrected chi connectivity index (χ1v) is 13.1. The second-order valence-corrected chi connectivity index (χ2v) is 9.67. The van der Waals surface area contributed by atoms with Crippen LogP contribution in [0.3, 0.4) is 0 Å². The van der Waals surface area contributed by atoms with Gasteiger partial charge in [0, 0.05) is 41.6 Å². The van der Waals surface area contributed by atoms with Crippen molar-refractivity contribution in [3.63, 3.8) is 0 Å². The number of amides is 1. The van der Waals surface area contributed by atoms with Crippen LogP contribution in [-0.2, 0) is 0 Å². The molecule has 5 aromatic rings. The maximum atomic E-state index is 12.4. The van der Waals surface area contributed by atoms with Crippen molar-refractivity contribution in [1.29, 1.82) is 0 Å². The number of hydrogen-bond donors (Lipinski definition) is 1. The predicted octanol–water partition coefficient (Wildman–Crippen LogP) is 5.49. The van der Waals surface area contributed by atoms with E-state index in [1.165, 1.54) is 12.8 Å². The summed E-state index contributed by atoms with van der Waals surface area (Å²) in [6, 6.07) is 19.6. The summed E-state index contributed by atoms with van der Waals surface area (Å²) in [5.74, 6) is 0.458. The Labute approximate surface area is 221 Å². The van der Waals surface area contributed by atoms with Crippen LogP contribution in [0.4, 0.5) is 4.79 Å². The third-order valence-corrected chi connectivity index (χ3v) is 6.98. The molecule has 38 heavy (non-hydrogen) atoms. The first-order valence-electron chi connectivity index (χ1n) is 13.1. The molecule has 1 aliphatic heterocycles. The minimum Gasteiger partial charge on any atom is -0.410 e. The Bertz CT molecular complexity index is 1610. The Morgan fingerprint density at radius 2 is 1.95 bits per heavy atom. The van der Waals surface area contributed by atoms with Crippen molar-refractivity contribution >= 4 is 22.5 Å². The van der Waals surface area contributed by atoms with Gasteiger partial charge in [0.1, 0.15) is 11.4 Å². The van der Waals surface area contributed by atoms with E-state index in [4.69, 9.17) is 14.8 Å². The van der Waals surface area contributed by atoms with Crippen LogP contribution in [0.15, 0.2) is 73.1 Å². The molecule has 1 N–H and O–H groups in total. The van der Waals surface area contributed by atoms with Crippen LogP contribution in [-0.4, -0.2) is 56.8 Å². The van der Waals surface area contributed by atoms with E-state index in [9.17, 15) is 4.79 Å². The first kappa shape index (κ1) is 24.1. The number of carbonyl (C=O) groups is 1. The molecule has 1 aliphatic rings. The predicted molar refractivity (Wildman–Crippen MR) is 148 cm³/mol. The zero-order valence-corrected chi connectivity index (χ0v) is 21.4. The minimum atomic E-state index is -0.447. The SMILES string of the molecule is Cc1cccc(-c2nn3ccccc3c2-c2ccnc3cc(OC(=O)NCCCN4CCCC4)ccc23)n1. The number of likely N-dealkylation sites (tertiary alicyclic amines) is 1. The molecule has 0 atom stereocenters.